The van der Waals surface area contributed by atoms with Crippen LogP contribution in [0.3, 0.4) is 0 Å². The van der Waals surface area contributed by atoms with E-state index in [9.17, 15) is 9.59 Å². The van der Waals surface area contributed by atoms with Gasteiger partial charge in [-0.2, -0.15) is 0 Å². The van der Waals surface area contributed by atoms with Gasteiger partial charge in [0, 0.05) is 6.42 Å². The summed E-state index contributed by atoms with van der Waals surface area (Å²) < 4.78 is 4.61. The predicted octanol–water partition coefficient (Wildman–Crippen LogP) is 4.47. The van der Waals surface area contributed by atoms with Crippen LogP contribution in [0.25, 0.3) is 0 Å². The maximum absolute atomic E-state index is 11.9. The molecular weight excluding hydrogens is 338 g/mol. The minimum Gasteiger partial charge on any atom is -0.453 e. The van der Waals surface area contributed by atoms with Crippen LogP contribution < -0.4 is 10.6 Å². The molecule has 2 amide bonds. The third kappa shape index (κ3) is 7.60. The van der Waals surface area contributed by atoms with Gasteiger partial charge in [0.1, 0.15) is 0 Å². The minimum absolute atomic E-state index is 0.0492. The smallest absolute Gasteiger partial charge is 0.412 e. The molecule has 7 heteroatoms. The third-order valence-corrected chi connectivity index (χ3v) is 4.02. The molecule has 0 saturated heterocycles. The van der Waals surface area contributed by atoms with Gasteiger partial charge in [-0.15, -0.1) is 0 Å². The van der Waals surface area contributed by atoms with E-state index in [1.165, 1.54) is 18.9 Å². The summed E-state index contributed by atoms with van der Waals surface area (Å²) in [6, 6.07) is 5.82. The van der Waals surface area contributed by atoms with Crippen molar-refractivity contribution in [1.29, 1.82) is 0 Å². The molecule has 1 rings (SSSR count). The number of carbonyl (C=O) groups excluding carboxylic acids is 2. The number of unbranched alkanes of at least 4 members (excludes halogenated alkanes) is 1. The monoisotopic (exact) mass is 365 g/mol. The van der Waals surface area contributed by atoms with E-state index in [4.69, 9.17) is 0 Å². The van der Waals surface area contributed by atoms with E-state index < -0.39 is 6.09 Å². The molecule has 1 aromatic carbocycles. The van der Waals surface area contributed by atoms with E-state index in [1.54, 1.807) is 0 Å². The number of ether oxygens (including phenoxy) is 1. The summed E-state index contributed by atoms with van der Waals surface area (Å²) in [7, 11) is 1.30. The molecule has 25 heavy (non-hydrogen) atoms. The van der Waals surface area contributed by atoms with Crippen LogP contribution in [0.1, 0.15) is 45.1 Å². The van der Waals surface area contributed by atoms with Crippen LogP contribution in [-0.4, -0.2) is 30.5 Å². The lowest BCUT2D eigenvalue weighted by molar-refractivity contribution is -0.116. The number of anilines is 1. The van der Waals surface area contributed by atoms with Gasteiger partial charge in [-0.05, 0) is 43.2 Å². The summed E-state index contributed by atoms with van der Waals surface area (Å²) in [5, 5.41) is 5.87. The molecule has 0 aliphatic heterocycles. The Morgan fingerprint density at radius 3 is 2.60 bits per heavy atom. The first-order valence-electron chi connectivity index (χ1n) is 8.44. The maximum atomic E-state index is 11.9. The van der Waals surface area contributed by atoms with E-state index in [0.717, 1.165) is 31.2 Å². The molecule has 138 valence electrons. The predicted molar refractivity (Wildman–Crippen MR) is 105 cm³/mol. The molecule has 0 aliphatic rings. The van der Waals surface area contributed by atoms with Gasteiger partial charge < -0.3 is 10.1 Å². The number of hydrogen-bond donors (Lipinski definition) is 2. The van der Waals surface area contributed by atoms with Crippen LogP contribution in [0.5, 0.6) is 0 Å². The van der Waals surface area contributed by atoms with Gasteiger partial charge in [0.25, 0.3) is 0 Å². The highest BCUT2D eigenvalue weighted by Crippen LogP contribution is 2.28. The molecule has 6 nitrogen and oxygen atoms in total. The summed E-state index contributed by atoms with van der Waals surface area (Å²) in [5.74, 6) is -0.0492. The van der Waals surface area contributed by atoms with Crippen LogP contribution >= 0.6 is 11.8 Å². The molecule has 0 spiro atoms. The minimum atomic E-state index is -0.577. The number of amides is 2. The molecule has 0 unspecified atom stereocenters. The number of hydrogen-bond acceptors (Lipinski definition) is 5. The number of nitrogens with zero attached hydrogens (tertiary/aromatic N) is 1. The van der Waals surface area contributed by atoms with Crippen LogP contribution in [0.4, 0.5) is 16.2 Å². The Balaban J connectivity index is 3.14. The first kappa shape index (κ1) is 21.0. The zero-order valence-electron chi connectivity index (χ0n) is 15.3. The number of amidine groups is 1. The van der Waals surface area contributed by atoms with Crippen molar-refractivity contribution in [2.75, 3.05) is 18.7 Å². The van der Waals surface area contributed by atoms with Crippen molar-refractivity contribution >= 4 is 40.3 Å². The van der Waals surface area contributed by atoms with Crippen molar-refractivity contribution in [2.24, 2.45) is 4.99 Å². The van der Waals surface area contributed by atoms with Crippen LogP contribution in [-0.2, 0) is 16.0 Å². The summed E-state index contributed by atoms with van der Waals surface area (Å²) >= 11 is 1.30. The summed E-state index contributed by atoms with van der Waals surface area (Å²) in [6.45, 7) is 4.10. The van der Waals surface area contributed by atoms with Crippen molar-refractivity contribution in [3.8, 4) is 0 Å². The fourth-order valence-electron chi connectivity index (χ4n) is 2.12. The lowest BCUT2D eigenvalue weighted by Crippen LogP contribution is -2.27. The van der Waals surface area contributed by atoms with Gasteiger partial charge in [0.05, 0.1) is 18.5 Å². The average molecular weight is 365 g/mol. The van der Waals surface area contributed by atoms with Gasteiger partial charge in [-0.25, -0.2) is 9.79 Å². The molecule has 0 saturated carbocycles. The number of methoxy groups -OCH3 is 1. The number of rotatable bonds is 7. The highest BCUT2D eigenvalue weighted by atomic mass is 32.2. The maximum Gasteiger partial charge on any atom is 0.412 e. The van der Waals surface area contributed by atoms with E-state index in [-0.39, 0.29) is 5.91 Å². The lowest BCUT2D eigenvalue weighted by Gasteiger charge is -2.12. The first-order valence-corrected chi connectivity index (χ1v) is 9.66. The standard InChI is InChI=1S/C18H27N3O3S/c1-5-7-9-13-10-11-14(19-16(22)8-6-2)15(12-13)20-17(25-4)21-18(23)24-3/h10-12H,5-9H2,1-4H3,(H,19,22)(H,20,21,23). The first-order chi connectivity index (χ1) is 12.0. The van der Waals surface area contributed by atoms with Crippen LogP contribution in [0.2, 0.25) is 0 Å². The topological polar surface area (TPSA) is 79.8 Å². The molecule has 0 aliphatic carbocycles. The molecular formula is C18H27N3O3S. The van der Waals surface area contributed by atoms with Crippen molar-refractivity contribution in [2.45, 2.75) is 46.0 Å². The number of carbonyl (C=O) groups is 2. The Kier molecular flexibility index (Phi) is 9.69. The molecule has 2 N–H and O–H groups in total. The lowest BCUT2D eigenvalue weighted by atomic mass is 10.1. The van der Waals surface area contributed by atoms with E-state index in [0.29, 0.717) is 23.0 Å². The number of benzene rings is 1. The summed E-state index contributed by atoms with van der Waals surface area (Å²) in [4.78, 5) is 27.9. The SMILES string of the molecule is CCCCc1ccc(NC(=O)CCC)c(N=C(NC(=O)OC)SC)c1. The summed E-state index contributed by atoms with van der Waals surface area (Å²) in [6.07, 6.45) is 5.60. The summed E-state index contributed by atoms with van der Waals surface area (Å²) in [5.41, 5.74) is 2.41. The van der Waals surface area contributed by atoms with Gasteiger partial charge in [0.2, 0.25) is 5.91 Å². The molecule has 0 radical (unpaired) electrons. The van der Waals surface area contributed by atoms with Crippen LogP contribution in [0.15, 0.2) is 23.2 Å². The van der Waals surface area contributed by atoms with Gasteiger partial charge in [0.15, 0.2) is 5.17 Å². The number of aliphatic imine (C=N–C) groups is 1. The molecule has 0 heterocycles. The quantitative estimate of drug-likeness (QED) is 0.552. The second-order valence-corrected chi connectivity index (χ2v) is 6.29. The van der Waals surface area contributed by atoms with E-state index in [2.05, 4.69) is 27.3 Å². The van der Waals surface area contributed by atoms with Crippen molar-refractivity contribution in [1.82, 2.24) is 5.32 Å². The van der Waals surface area contributed by atoms with Crippen molar-refractivity contribution in [3.05, 3.63) is 23.8 Å². The van der Waals surface area contributed by atoms with Gasteiger partial charge in [-0.3, -0.25) is 10.1 Å². The normalized spacial score (nSPS) is 11.1. The molecule has 0 fully saturated rings. The zero-order valence-corrected chi connectivity index (χ0v) is 16.2. The average Bonchev–Trinajstić information content (AvgIpc) is 2.61. The second-order valence-electron chi connectivity index (χ2n) is 5.49. The Hall–Kier alpha value is -2.02. The highest BCUT2D eigenvalue weighted by Gasteiger charge is 2.10. The number of thioether (sulfide) groups is 1. The Bertz CT molecular complexity index is 618. The Morgan fingerprint density at radius 2 is 2.00 bits per heavy atom. The third-order valence-electron chi connectivity index (χ3n) is 3.44. The van der Waals surface area contributed by atoms with Gasteiger partial charge in [-0.1, -0.05) is 38.1 Å². The molecule has 0 atom stereocenters. The van der Waals surface area contributed by atoms with Crippen molar-refractivity contribution < 1.29 is 14.3 Å². The fourth-order valence-corrected chi connectivity index (χ4v) is 2.50. The number of aryl methyl sites for hydroxylation is 1. The number of nitrogens with one attached hydrogen (secondary N) is 2. The zero-order chi connectivity index (χ0) is 18.7. The van der Waals surface area contributed by atoms with Crippen molar-refractivity contribution in [3.63, 3.8) is 0 Å². The van der Waals surface area contributed by atoms with Gasteiger partial charge >= 0.3 is 6.09 Å². The van der Waals surface area contributed by atoms with E-state index in [1.807, 2.05) is 31.4 Å². The Labute approximate surface area is 153 Å². The number of alkyl carbamates (subject to hydrolysis) is 1. The molecule has 1 aromatic rings. The molecule has 0 aromatic heterocycles. The van der Waals surface area contributed by atoms with Crippen LogP contribution in [0, 0.1) is 0 Å². The largest absolute Gasteiger partial charge is 0.453 e. The molecule has 0 bridgehead atoms. The Morgan fingerprint density at radius 1 is 1.24 bits per heavy atom. The second kappa shape index (κ2) is 11.5. The highest BCUT2D eigenvalue weighted by molar-refractivity contribution is 8.13. The van der Waals surface area contributed by atoms with E-state index >= 15 is 0 Å². The fraction of sp³-hybridized carbons (Fsp3) is 0.500.